The van der Waals surface area contributed by atoms with Crippen LogP contribution >= 0.6 is 0 Å². The van der Waals surface area contributed by atoms with Crippen LogP contribution in [0.1, 0.15) is 39.0 Å². The Labute approximate surface area is 129 Å². The summed E-state index contributed by atoms with van der Waals surface area (Å²) in [6.45, 7) is 1.42. The molecule has 2 amide bonds. The average molecular weight is 309 g/mol. The minimum Gasteiger partial charge on any atom is -0.455 e. The summed E-state index contributed by atoms with van der Waals surface area (Å²) in [5.74, 6) is 1.47. The molecule has 0 spiro atoms. The summed E-state index contributed by atoms with van der Waals surface area (Å²) >= 11 is 0. The van der Waals surface area contributed by atoms with Crippen LogP contribution in [0.25, 0.3) is 0 Å². The van der Waals surface area contributed by atoms with Gasteiger partial charge in [0, 0.05) is 0 Å². The molecule has 6 heteroatoms. The molecule has 0 aromatic rings. The first kappa shape index (κ1) is 15.3. The smallest absolute Gasteiger partial charge is 0.413 e. The fourth-order valence-corrected chi connectivity index (χ4v) is 4.86. The highest BCUT2D eigenvalue weighted by atomic mass is 16.6. The molecule has 4 saturated carbocycles. The molecule has 4 fully saturated rings. The summed E-state index contributed by atoms with van der Waals surface area (Å²) in [5, 5.41) is 2.03. The van der Waals surface area contributed by atoms with E-state index in [-0.39, 0.29) is 18.5 Å². The maximum absolute atomic E-state index is 12.3. The van der Waals surface area contributed by atoms with Crippen molar-refractivity contribution in [2.45, 2.75) is 39.0 Å². The molecular weight excluding hydrogens is 286 g/mol. The van der Waals surface area contributed by atoms with Gasteiger partial charge in [-0.05, 0) is 62.7 Å². The van der Waals surface area contributed by atoms with E-state index in [4.69, 9.17) is 4.74 Å². The highest BCUT2D eigenvalue weighted by molar-refractivity contribution is 5.93. The zero-order valence-corrected chi connectivity index (χ0v) is 12.9. The van der Waals surface area contributed by atoms with Gasteiger partial charge >= 0.3 is 12.1 Å². The topological polar surface area (TPSA) is 81.7 Å². The number of esters is 1. The van der Waals surface area contributed by atoms with E-state index in [0.717, 1.165) is 37.5 Å². The number of imide groups is 1. The third-order valence-corrected chi connectivity index (χ3v) is 5.36. The van der Waals surface area contributed by atoms with Crippen LogP contribution in [-0.4, -0.2) is 31.2 Å². The molecule has 0 aliphatic heterocycles. The summed E-state index contributed by atoms with van der Waals surface area (Å²) in [6, 6.07) is 0. The van der Waals surface area contributed by atoms with Gasteiger partial charge in [-0.15, -0.1) is 0 Å². The van der Waals surface area contributed by atoms with Crippen LogP contribution in [0.4, 0.5) is 4.79 Å². The third kappa shape index (κ3) is 3.10. The lowest BCUT2D eigenvalue weighted by Gasteiger charge is -2.53. The average Bonchev–Trinajstić information content (AvgIpc) is 2.44. The molecule has 122 valence electrons. The quantitative estimate of drug-likeness (QED) is 0.802. The first-order valence-corrected chi connectivity index (χ1v) is 8.20. The second-order valence-corrected chi connectivity index (χ2v) is 6.83. The van der Waals surface area contributed by atoms with Crippen molar-refractivity contribution in [1.29, 1.82) is 0 Å². The summed E-state index contributed by atoms with van der Waals surface area (Å²) in [4.78, 5) is 35.0. The van der Waals surface area contributed by atoms with Crippen LogP contribution in [0.2, 0.25) is 0 Å². The van der Waals surface area contributed by atoms with Crippen LogP contribution in [-0.2, 0) is 19.1 Å². The van der Waals surface area contributed by atoms with Crippen LogP contribution in [0.5, 0.6) is 0 Å². The predicted molar refractivity (Wildman–Crippen MR) is 76.7 cm³/mol. The lowest BCUT2D eigenvalue weighted by Crippen LogP contribution is -2.48. The van der Waals surface area contributed by atoms with E-state index in [0.29, 0.717) is 11.8 Å². The molecule has 6 nitrogen and oxygen atoms in total. The van der Waals surface area contributed by atoms with Gasteiger partial charge in [-0.3, -0.25) is 14.9 Å². The number of carbonyl (C=O) groups is 3. The van der Waals surface area contributed by atoms with Gasteiger partial charge in [-0.25, -0.2) is 4.79 Å². The Morgan fingerprint density at radius 1 is 0.955 bits per heavy atom. The number of alkyl carbamates (subject to hydrolysis) is 1. The Morgan fingerprint density at radius 2 is 1.55 bits per heavy atom. The minimum atomic E-state index is -0.807. The van der Waals surface area contributed by atoms with Crippen LogP contribution in [0, 0.1) is 29.6 Å². The monoisotopic (exact) mass is 309 g/mol. The number of carbonyl (C=O) groups excluding carboxylic acids is 3. The largest absolute Gasteiger partial charge is 0.455 e. The zero-order valence-electron chi connectivity index (χ0n) is 12.9. The van der Waals surface area contributed by atoms with E-state index in [9.17, 15) is 14.4 Å². The fourth-order valence-electron chi connectivity index (χ4n) is 4.86. The van der Waals surface area contributed by atoms with E-state index >= 15 is 0 Å². The van der Waals surface area contributed by atoms with E-state index in [2.05, 4.69) is 4.74 Å². The number of nitrogens with one attached hydrogen (secondary N) is 1. The van der Waals surface area contributed by atoms with Crippen molar-refractivity contribution in [3.8, 4) is 0 Å². The summed E-state index contributed by atoms with van der Waals surface area (Å²) in [7, 11) is 0. The molecule has 1 N–H and O–H groups in total. The second-order valence-electron chi connectivity index (χ2n) is 6.83. The van der Waals surface area contributed by atoms with Crippen LogP contribution in [0.15, 0.2) is 0 Å². The van der Waals surface area contributed by atoms with Gasteiger partial charge < -0.3 is 9.47 Å². The summed E-state index contributed by atoms with van der Waals surface area (Å²) in [5.41, 5.74) is 0. The summed E-state index contributed by atoms with van der Waals surface area (Å²) < 4.78 is 9.75. The van der Waals surface area contributed by atoms with E-state index in [1.165, 1.54) is 6.42 Å². The van der Waals surface area contributed by atoms with Crippen molar-refractivity contribution in [2.75, 3.05) is 13.2 Å². The van der Waals surface area contributed by atoms with Gasteiger partial charge in [-0.1, -0.05) is 0 Å². The Bertz CT molecular complexity index is 447. The van der Waals surface area contributed by atoms with Gasteiger partial charge in [0.2, 0.25) is 0 Å². The molecule has 0 radical (unpaired) electrons. The van der Waals surface area contributed by atoms with Crippen LogP contribution < -0.4 is 5.32 Å². The maximum Gasteiger partial charge on any atom is 0.413 e. The minimum absolute atomic E-state index is 0.0526. The fraction of sp³-hybridized carbons (Fsp3) is 0.812. The standard InChI is InChI=1S/C16H23NO5/c1-2-21-16(20)17-13(18)8-22-15(19)14-11-4-9-3-10(6-11)7-12(14)5-9/h9-12,14H,2-8H2,1H3,(H,17,18,20). The third-order valence-electron chi connectivity index (χ3n) is 5.36. The van der Waals surface area contributed by atoms with Crippen molar-refractivity contribution >= 4 is 18.0 Å². The number of hydrogen-bond donors (Lipinski definition) is 1. The zero-order chi connectivity index (χ0) is 15.7. The Balaban J connectivity index is 1.48. The SMILES string of the molecule is CCOC(=O)NC(=O)COC(=O)C1C2CC3CC(C2)CC1C3. The first-order chi connectivity index (χ1) is 10.6. The molecule has 22 heavy (non-hydrogen) atoms. The molecule has 0 unspecified atom stereocenters. The molecule has 0 atom stereocenters. The number of amides is 2. The number of rotatable bonds is 4. The van der Waals surface area contributed by atoms with Crippen LogP contribution in [0.3, 0.4) is 0 Å². The molecule has 4 rings (SSSR count). The van der Waals surface area contributed by atoms with Gasteiger partial charge in [0.15, 0.2) is 6.61 Å². The molecule has 0 aromatic heterocycles. The van der Waals surface area contributed by atoms with Gasteiger partial charge in [0.05, 0.1) is 12.5 Å². The van der Waals surface area contributed by atoms with Crippen molar-refractivity contribution in [3.05, 3.63) is 0 Å². The van der Waals surface area contributed by atoms with Crippen molar-refractivity contribution in [3.63, 3.8) is 0 Å². The Kier molecular flexibility index (Phi) is 4.36. The molecular formula is C16H23NO5. The number of hydrogen-bond acceptors (Lipinski definition) is 5. The first-order valence-electron chi connectivity index (χ1n) is 8.20. The maximum atomic E-state index is 12.3. The predicted octanol–water partition coefficient (Wildman–Crippen LogP) is 1.87. The molecule has 4 bridgehead atoms. The van der Waals surface area contributed by atoms with Gasteiger partial charge in [0.25, 0.3) is 5.91 Å². The van der Waals surface area contributed by atoms with Gasteiger partial charge in [0.1, 0.15) is 0 Å². The van der Waals surface area contributed by atoms with E-state index in [1.807, 2.05) is 5.32 Å². The summed E-state index contributed by atoms with van der Waals surface area (Å²) in [6.07, 6.45) is 5.03. The second kappa shape index (κ2) is 6.26. The van der Waals surface area contributed by atoms with Crippen molar-refractivity contribution in [1.82, 2.24) is 5.32 Å². The highest BCUT2D eigenvalue weighted by Crippen LogP contribution is 2.56. The molecule has 0 saturated heterocycles. The van der Waals surface area contributed by atoms with Crippen molar-refractivity contribution in [2.24, 2.45) is 29.6 Å². The highest BCUT2D eigenvalue weighted by Gasteiger charge is 2.51. The Hall–Kier alpha value is -1.59. The van der Waals surface area contributed by atoms with E-state index < -0.39 is 18.6 Å². The molecule has 4 aliphatic carbocycles. The Morgan fingerprint density at radius 3 is 2.09 bits per heavy atom. The van der Waals surface area contributed by atoms with Crippen molar-refractivity contribution < 1.29 is 23.9 Å². The lowest BCUT2D eigenvalue weighted by atomic mass is 9.52. The lowest BCUT2D eigenvalue weighted by molar-refractivity contribution is -0.164. The molecule has 0 aromatic carbocycles. The van der Waals surface area contributed by atoms with Gasteiger partial charge in [-0.2, -0.15) is 0 Å². The molecule has 4 aliphatic rings. The van der Waals surface area contributed by atoms with E-state index in [1.54, 1.807) is 6.92 Å². The normalized spacial score (nSPS) is 35.0. The molecule has 0 heterocycles. The number of ether oxygens (including phenoxy) is 2.